The third kappa shape index (κ3) is 3.75. The minimum atomic E-state index is -0.863. The SMILES string of the molecule is COC(=O)O/N=C1/C[C@H](C)Cc2cc(OC(=O)OC)ccc21. The Morgan fingerprint density at radius 2 is 1.86 bits per heavy atom. The lowest BCUT2D eigenvalue weighted by Gasteiger charge is -2.23. The van der Waals surface area contributed by atoms with E-state index in [1.165, 1.54) is 14.2 Å². The molecule has 0 N–H and O–H groups in total. The van der Waals surface area contributed by atoms with Crippen molar-refractivity contribution in [2.45, 2.75) is 19.8 Å². The largest absolute Gasteiger partial charge is 0.534 e. The van der Waals surface area contributed by atoms with E-state index in [9.17, 15) is 9.59 Å². The van der Waals surface area contributed by atoms with Gasteiger partial charge in [0.25, 0.3) is 0 Å². The molecule has 1 aromatic carbocycles. The van der Waals surface area contributed by atoms with E-state index in [2.05, 4.69) is 26.4 Å². The lowest BCUT2D eigenvalue weighted by molar-refractivity contribution is 0.0750. The summed E-state index contributed by atoms with van der Waals surface area (Å²) >= 11 is 0. The Balaban J connectivity index is 2.26. The second-order valence-corrected chi connectivity index (χ2v) is 4.97. The van der Waals surface area contributed by atoms with Crippen LogP contribution in [0.15, 0.2) is 23.4 Å². The highest BCUT2D eigenvalue weighted by atomic mass is 16.8. The standard InChI is InChI=1S/C15H17NO6/c1-9-6-10-8-11(21-14(17)19-2)4-5-12(10)13(7-9)16-22-15(18)20-3/h4-5,8-9H,6-7H2,1-3H3/b16-13-/t9-/m1/s1. The maximum atomic E-state index is 11.1. The summed E-state index contributed by atoms with van der Waals surface area (Å²) in [5.41, 5.74) is 2.48. The van der Waals surface area contributed by atoms with Gasteiger partial charge in [0.15, 0.2) is 0 Å². The molecule has 7 heteroatoms. The fourth-order valence-electron chi connectivity index (χ4n) is 2.33. The predicted octanol–water partition coefficient (Wildman–Crippen LogP) is 2.90. The average Bonchev–Trinajstić information content (AvgIpc) is 2.51. The minimum absolute atomic E-state index is 0.320. The van der Waals surface area contributed by atoms with Gasteiger partial charge in [-0.2, -0.15) is 0 Å². The quantitative estimate of drug-likeness (QED) is 0.361. The number of oxime groups is 1. The lowest BCUT2D eigenvalue weighted by atomic mass is 9.83. The molecule has 1 atom stereocenters. The fourth-order valence-corrected chi connectivity index (χ4v) is 2.33. The summed E-state index contributed by atoms with van der Waals surface area (Å²) in [6, 6.07) is 5.17. The molecular formula is C15H17NO6. The number of benzene rings is 1. The first-order valence-corrected chi connectivity index (χ1v) is 6.74. The van der Waals surface area contributed by atoms with Crippen LogP contribution in [-0.4, -0.2) is 32.2 Å². The van der Waals surface area contributed by atoms with Gasteiger partial charge >= 0.3 is 12.3 Å². The van der Waals surface area contributed by atoms with E-state index >= 15 is 0 Å². The van der Waals surface area contributed by atoms with Crippen LogP contribution in [0.3, 0.4) is 0 Å². The Bertz CT molecular complexity index is 610. The molecule has 0 aromatic heterocycles. The molecule has 0 aliphatic heterocycles. The molecule has 0 fully saturated rings. The Morgan fingerprint density at radius 1 is 1.14 bits per heavy atom. The van der Waals surface area contributed by atoms with Gasteiger partial charge in [0.1, 0.15) is 5.75 Å². The Labute approximate surface area is 127 Å². The molecule has 0 bridgehead atoms. The second-order valence-electron chi connectivity index (χ2n) is 4.97. The predicted molar refractivity (Wildman–Crippen MR) is 77.0 cm³/mol. The molecule has 0 saturated heterocycles. The Morgan fingerprint density at radius 3 is 2.55 bits per heavy atom. The van der Waals surface area contributed by atoms with Crippen molar-refractivity contribution in [2.24, 2.45) is 11.1 Å². The molecule has 1 aromatic rings. The number of hydrogen-bond acceptors (Lipinski definition) is 7. The first-order valence-electron chi connectivity index (χ1n) is 6.74. The molecule has 7 nitrogen and oxygen atoms in total. The summed E-state index contributed by atoms with van der Waals surface area (Å²) in [5, 5.41) is 3.86. The number of fused-ring (bicyclic) bond motifs is 1. The van der Waals surface area contributed by atoms with E-state index in [4.69, 9.17) is 4.74 Å². The van der Waals surface area contributed by atoms with Gasteiger partial charge in [-0.15, -0.1) is 0 Å². The van der Waals surface area contributed by atoms with Crippen molar-refractivity contribution in [1.82, 2.24) is 0 Å². The van der Waals surface area contributed by atoms with Gasteiger partial charge in [0, 0.05) is 5.56 Å². The lowest BCUT2D eigenvalue weighted by Crippen LogP contribution is -2.20. The number of methoxy groups -OCH3 is 2. The molecule has 0 spiro atoms. The van der Waals surface area contributed by atoms with Crippen molar-refractivity contribution >= 4 is 18.0 Å². The molecule has 1 aliphatic rings. The van der Waals surface area contributed by atoms with Crippen LogP contribution in [0.25, 0.3) is 0 Å². The van der Waals surface area contributed by atoms with Gasteiger partial charge in [0.2, 0.25) is 0 Å². The molecule has 0 amide bonds. The van der Waals surface area contributed by atoms with Crippen LogP contribution in [0.2, 0.25) is 0 Å². The summed E-state index contributed by atoms with van der Waals surface area (Å²) < 4.78 is 13.9. The zero-order chi connectivity index (χ0) is 16.1. The van der Waals surface area contributed by atoms with E-state index in [1.807, 2.05) is 0 Å². The van der Waals surface area contributed by atoms with Crippen LogP contribution in [0.1, 0.15) is 24.5 Å². The first kappa shape index (κ1) is 15.8. The molecule has 118 valence electrons. The summed E-state index contributed by atoms with van der Waals surface area (Å²) in [5.74, 6) is 0.716. The van der Waals surface area contributed by atoms with Crippen molar-refractivity contribution in [3.8, 4) is 5.75 Å². The number of carbonyl (C=O) groups excluding carboxylic acids is 2. The zero-order valence-corrected chi connectivity index (χ0v) is 12.6. The monoisotopic (exact) mass is 307 g/mol. The Hall–Kier alpha value is -2.57. The van der Waals surface area contributed by atoms with Gasteiger partial charge < -0.3 is 14.2 Å². The molecular weight excluding hydrogens is 290 g/mol. The molecule has 1 aliphatic carbocycles. The normalized spacial score (nSPS) is 18.3. The minimum Gasteiger partial charge on any atom is -0.437 e. The van der Waals surface area contributed by atoms with Gasteiger partial charge in [-0.05, 0) is 42.5 Å². The van der Waals surface area contributed by atoms with E-state index in [1.54, 1.807) is 18.2 Å². The van der Waals surface area contributed by atoms with Crippen LogP contribution in [0.5, 0.6) is 5.75 Å². The molecule has 0 radical (unpaired) electrons. The Kier molecular flexibility index (Phi) is 4.98. The van der Waals surface area contributed by atoms with Crippen LogP contribution >= 0.6 is 0 Å². The van der Waals surface area contributed by atoms with E-state index in [0.29, 0.717) is 23.8 Å². The average molecular weight is 307 g/mol. The summed E-state index contributed by atoms with van der Waals surface area (Å²) in [6.07, 6.45) is -0.142. The van der Waals surface area contributed by atoms with Crippen LogP contribution in [0, 0.1) is 5.92 Å². The number of rotatable bonds is 2. The van der Waals surface area contributed by atoms with Crippen LogP contribution in [0.4, 0.5) is 9.59 Å². The molecule has 0 unspecified atom stereocenters. The third-order valence-corrected chi connectivity index (χ3v) is 3.26. The van der Waals surface area contributed by atoms with Crippen LogP contribution in [-0.2, 0) is 20.7 Å². The highest BCUT2D eigenvalue weighted by Gasteiger charge is 2.23. The maximum absolute atomic E-state index is 11.1. The van der Waals surface area contributed by atoms with E-state index < -0.39 is 12.3 Å². The summed E-state index contributed by atoms with van der Waals surface area (Å²) in [6.45, 7) is 2.06. The number of ether oxygens (including phenoxy) is 3. The van der Waals surface area contributed by atoms with Gasteiger partial charge in [-0.1, -0.05) is 12.1 Å². The molecule has 0 heterocycles. The summed E-state index contributed by atoms with van der Waals surface area (Å²) in [7, 11) is 2.47. The smallest absolute Gasteiger partial charge is 0.437 e. The number of carbonyl (C=O) groups is 2. The third-order valence-electron chi connectivity index (χ3n) is 3.26. The first-order chi connectivity index (χ1) is 10.5. The molecule has 2 rings (SSSR count). The van der Waals surface area contributed by atoms with Crippen molar-refractivity contribution in [3.05, 3.63) is 29.3 Å². The van der Waals surface area contributed by atoms with Crippen molar-refractivity contribution in [3.63, 3.8) is 0 Å². The summed E-state index contributed by atoms with van der Waals surface area (Å²) in [4.78, 5) is 26.9. The van der Waals surface area contributed by atoms with Gasteiger partial charge in [-0.3, -0.25) is 4.84 Å². The van der Waals surface area contributed by atoms with Crippen molar-refractivity contribution < 1.29 is 28.6 Å². The van der Waals surface area contributed by atoms with E-state index in [0.717, 1.165) is 17.5 Å². The van der Waals surface area contributed by atoms with Gasteiger partial charge in [0.05, 0.1) is 19.9 Å². The zero-order valence-electron chi connectivity index (χ0n) is 12.6. The number of hydrogen-bond donors (Lipinski definition) is 0. The number of nitrogens with zero attached hydrogens (tertiary/aromatic N) is 1. The van der Waals surface area contributed by atoms with Crippen molar-refractivity contribution in [1.29, 1.82) is 0 Å². The van der Waals surface area contributed by atoms with E-state index in [-0.39, 0.29) is 0 Å². The topological polar surface area (TPSA) is 83.4 Å². The highest BCUT2D eigenvalue weighted by molar-refractivity contribution is 6.03. The molecule has 0 saturated carbocycles. The maximum Gasteiger partial charge on any atom is 0.534 e. The van der Waals surface area contributed by atoms with Crippen molar-refractivity contribution in [2.75, 3.05) is 14.2 Å². The second kappa shape index (κ2) is 6.93. The van der Waals surface area contributed by atoms with Crippen LogP contribution < -0.4 is 4.74 Å². The van der Waals surface area contributed by atoms with Gasteiger partial charge in [-0.25, -0.2) is 9.59 Å². The fraction of sp³-hybridized carbons (Fsp3) is 0.400. The highest BCUT2D eigenvalue weighted by Crippen LogP contribution is 2.29. The molecule has 22 heavy (non-hydrogen) atoms.